The number of carbonyl (C=O) groups excluding carboxylic acids is 1. The molecule has 0 aliphatic rings. The van der Waals surface area contributed by atoms with E-state index in [9.17, 15) is 4.79 Å². The van der Waals surface area contributed by atoms with Gasteiger partial charge in [-0.1, -0.05) is 25.1 Å². The zero-order valence-electron chi connectivity index (χ0n) is 12.0. The molecule has 4 heteroatoms. The average molecular weight is 264 g/mol. The van der Waals surface area contributed by atoms with Crippen molar-refractivity contribution in [3.8, 4) is 0 Å². The minimum atomic E-state index is -0.00963. The first kappa shape index (κ1) is 15.7. The van der Waals surface area contributed by atoms with E-state index in [0.717, 1.165) is 24.3 Å². The number of amides is 1. The molecule has 1 amide bonds. The first-order chi connectivity index (χ1) is 9.13. The van der Waals surface area contributed by atoms with Gasteiger partial charge in [-0.2, -0.15) is 0 Å². The van der Waals surface area contributed by atoms with Crippen molar-refractivity contribution >= 4 is 11.6 Å². The van der Waals surface area contributed by atoms with Crippen molar-refractivity contribution in [1.29, 1.82) is 0 Å². The van der Waals surface area contributed by atoms with Crippen molar-refractivity contribution in [2.45, 2.75) is 39.8 Å². The molecule has 0 aromatic heterocycles. The van der Waals surface area contributed by atoms with Crippen molar-refractivity contribution in [1.82, 2.24) is 5.32 Å². The lowest BCUT2D eigenvalue weighted by molar-refractivity contribution is -0.117. The van der Waals surface area contributed by atoms with Crippen LogP contribution in [0.2, 0.25) is 0 Å². The lowest BCUT2D eigenvalue weighted by Crippen LogP contribution is -2.18. The first-order valence-corrected chi connectivity index (χ1v) is 6.83. The molecule has 0 saturated heterocycles. The fraction of sp³-hybridized carbons (Fsp3) is 0.533. The molecule has 2 N–H and O–H groups in total. The number of rotatable bonds is 8. The lowest BCUT2D eigenvalue weighted by Gasteiger charge is -2.12. The monoisotopic (exact) mass is 264 g/mol. The zero-order valence-corrected chi connectivity index (χ0v) is 12.0. The van der Waals surface area contributed by atoms with Gasteiger partial charge in [-0.3, -0.25) is 4.79 Å². The van der Waals surface area contributed by atoms with Crippen LogP contribution in [0.15, 0.2) is 24.3 Å². The second kappa shape index (κ2) is 8.67. The third kappa shape index (κ3) is 6.36. The quantitative estimate of drug-likeness (QED) is 0.758. The van der Waals surface area contributed by atoms with Crippen molar-refractivity contribution in [2.75, 3.05) is 18.5 Å². The molecular formula is C15H24N2O2. The minimum absolute atomic E-state index is 0.00963. The summed E-state index contributed by atoms with van der Waals surface area (Å²) in [5.74, 6) is -0.00963. The molecule has 0 unspecified atom stereocenters. The van der Waals surface area contributed by atoms with Gasteiger partial charge in [0, 0.05) is 12.2 Å². The largest absolute Gasteiger partial charge is 0.378 e. The third-order valence-corrected chi connectivity index (χ3v) is 2.64. The Kier molecular flexibility index (Phi) is 7.15. The van der Waals surface area contributed by atoms with Gasteiger partial charge in [0.15, 0.2) is 0 Å². The highest BCUT2D eigenvalue weighted by Crippen LogP contribution is 2.15. The summed E-state index contributed by atoms with van der Waals surface area (Å²) in [4.78, 5) is 11.8. The molecule has 0 heterocycles. The van der Waals surface area contributed by atoms with Gasteiger partial charge in [0.1, 0.15) is 0 Å². The van der Waals surface area contributed by atoms with Crippen LogP contribution in [-0.2, 0) is 16.1 Å². The van der Waals surface area contributed by atoms with E-state index in [2.05, 4.69) is 17.6 Å². The SMILES string of the molecule is CCNCc1ccccc1NC(=O)CCOC(C)C. The van der Waals surface area contributed by atoms with E-state index < -0.39 is 0 Å². The molecule has 0 aliphatic heterocycles. The van der Waals surface area contributed by atoms with E-state index in [0.29, 0.717) is 13.0 Å². The number of hydrogen-bond donors (Lipinski definition) is 2. The van der Waals surface area contributed by atoms with Gasteiger partial charge in [-0.15, -0.1) is 0 Å². The predicted molar refractivity (Wildman–Crippen MR) is 78.2 cm³/mol. The van der Waals surface area contributed by atoms with E-state index in [4.69, 9.17) is 4.74 Å². The van der Waals surface area contributed by atoms with Gasteiger partial charge >= 0.3 is 0 Å². The Hall–Kier alpha value is -1.39. The smallest absolute Gasteiger partial charge is 0.226 e. The molecule has 106 valence electrons. The van der Waals surface area contributed by atoms with Crippen molar-refractivity contribution < 1.29 is 9.53 Å². The maximum Gasteiger partial charge on any atom is 0.226 e. The van der Waals surface area contributed by atoms with Gasteiger partial charge in [0.25, 0.3) is 0 Å². The van der Waals surface area contributed by atoms with Crippen LogP contribution in [0.25, 0.3) is 0 Å². The molecule has 0 bridgehead atoms. The molecule has 19 heavy (non-hydrogen) atoms. The van der Waals surface area contributed by atoms with Gasteiger partial charge in [-0.05, 0) is 32.0 Å². The van der Waals surface area contributed by atoms with E-state index in [1.165, 1.54) is 0 Å². The van der Waals surface area contributed by atoms with Crippen LogP contribution in [0.1, 0.15) is 32.8 Å². The summed E-state index contributed by atoms with van der Waals surface area (Å²) < 4.78 is 5.37. The van der Waals surface area contributed by atoms with Crippen LogP contribution in [0.3, 0.4) is 0 Å². The fourth-order valence-electron chi connectivity index (χ4n) is 1.66. The summed E-state index contributed by atoms with van der Waals surface area (Å²) >= 11 is 0. The third-order valence-electron chi connectivity index (χ3n) is 2.64. The maximum atomic E-state index is 11.8. The number of para-hydroxylation sites is 1. The molecule has 1 aromatic carbocycles. The molecule has 0 atom stereocenters. The summed E-state index contributed by atoms with van der Waals surface area (Å²) in [6, 6.07) is 7.84. The van der Waals surface area contributed by atoms with E-state index in [-0.39, 0.29) is 12.0 Å². The summed E-state index contributed by atoms with van der Waals surface area (Å²) in [7, 11) is 0. The summed E-state index contributed by atoms with van der Waals surface area (Å²) in [5, 5.41) is 6.19. The Morgan fingerprint density at radius 1 is 1.32 bits per heavy atom. The summed E-state index contributed by atoms with van der Waals surface area (Å²) in [6.07, 6.45) is 0.544. The average Bonchev–Trinajstić information content (AvgIpc) is 2.37. The molecule has 0 spiro atoms. The zero-order chi connectivity index (χ0) is 14.1. The van der Waals surface area contributed by atoms with E-state index >= 15 is 0 Å². The van der Waals surface area contributed by atoms with E-state index in [1.807, 2.05) is 38.1 Å². The summed E-state index contributed by atoms with van der Waals surface area (Å²) in [6.45, 7) is 8.11. The molecule has 0 radical (unpaired) electrons. The molecule has 1 aromatic rings. The molecule has 0 fully saturated rings. The highest BCUT2D eigenvalue weighted by atomic mass is 16.5. The van der Waals surface area contributed by atoms with Gasteiger partial charge in [-0.25, -0.2) is 0 Å². The summed E-state index contributed by atoms with van der Waals surface area (Å²) in [5.41, 5.74) is 1.97. The first-order valence-electron chi connectivity index (χ1n) is 6.83. The Bertz CT molecular complexity index is 391. The number of carbonyl (C=O) groups is 1. The van der Waals surface area contributed by atoms with Gasteiger partial charge < -0.3 is 15.4 Å². The number of anilines is 1. The highest BCUT2D eigenvalue weighted by molar-refractivity contribution is 5.91. The normalized spacial score (nSPS) is 10.7. The lowest BCUT2D eigenvalue weighted by atomic mass is 10.1. The van der Waals surface area contributed by atoms with Crippen LogP contribution < -0.4 is 10.6 Å². The predicted octanol–water partition coefficient (Wildman–Crippen LogP) is 2.55. The molecule has 4 nitrogen and oxygen atoms in total. The Labute approximate surface area is 115 Å². The topological polar surface area (TPSA) is 50.4 Å². The standard InChI is InChI=1S/C15H24N2O2/c1-4-16-11-13-7-5-6-8-14(13)17-15(18)9-10-19-12(2)3/h5-8,12,16H,4,9-11H2,1-3H3,(H,17,18). The molecule has 0 aliphatic carbocycles. The second-order valence-electron chi connectivity index (χ2n) is 4.66. The van der Waals surface area contributed by atoms with Gasteiger partial charge in [0.2, 0.25) is 5.91 Å². The highest BCUT2D eigenvalue weighted by Gasteiger charge is 2.06. The Balaban J connectivity index is 2.48. The van der Waals surface area contributed by atoms with Crippen LogP contribution in [-0.4, -0.2) is 25.2 Å². The number of nitrogens with one attached hydrogen (secondary N) is 2. The maximum absolute atomic E-state index is 11.8. The minimum Gasteiger partial charge on any atom is -0.378 e. The number of benzene rings is 1. The van der Waals surface area contributed by atoms with Crippen LogP contribution >= 0.6 is 0 Å². The van der Waals surface area contributed by atoms with Crippen LogP contribution in [0, 0.1) is 0 Å². The van der Waals surface area contributed by atoms with Crippen molar-refractivity contribution in [2.24, 2.45) is 0 Å². The number of ether oxygens (including phenoxy) is 1. The fourth-order valence-corrected chi connectivity index (χ4v) is 1.66. The molecule has 0 saturated carbocycles. The Morgan fingerprint density at radius 2 is 2.05 bits per heavy atom. The van der Waals surface area contributed by atoms with Crippen molar-refractivity contribution in [3.63, 3.8) is 0 Å². The molecular weight excluding hydrogens is 240 g/mol. The van der Waals surface area contributed by atoms with Gasteiger partial charge in [0.05, 0.1) is 19.1 Å². The van der Waals surface area contributed by atoms with Crippen LogP contribution in [0.5, 0.6) is 0 Å². The van der Waals surface area contributed by atoms with Crippen molar-refractivity contribution in [3.05, 3.63) is 29.8 Å². The van der Waals surface area contributed by atoms with E-state index in [1.54, 1.807) is 0 Å². The second-order valence-corrected chi connectivity index (χ2v) is 4.66. The Morgan fingerprint density at radius 3 is 2.74 bits per heavy atom. The van der Waals surface area contributed by atoms with Crippen LogP contribution in [0.4, 0.5) is 5.69 Å². The molecule has 1 rings (SSSR count). The number of hydrogen-bond acceptors (Lipinski definition) is 3.